The molecule has 4 saturated heterocycles. The molecule has 0 aromatic rings. The lowest BCUT2D eigenvalue weighted by Crippen LogP contribution is -2.60. The highest BCUT2D eigenvalue weighted by Gasteiger charge is 2.51. The highest BCUT2D eigenvalue weighted by Crippen LogP contribution is 2.42. The average Bonchev–Trinajstić information content (AvgIpc) is 3.03. The van der Waals surface area contributed by atoms with Gasteiger partial charge in [-0.15, -0.1) is 0 Å². The molecule has 20 atom stereocenters. The summed E-state index contributed by atoms with van der Waals surface area (Å²) in [6.45, 7) is 25.5. The Morgan fingerprint density at radius 2 is 0.778 bits per heavy atom. The second kappa shape index (κ2) is 15.9. The van der Waals surface area contributed by atoms with E-state index in [1.54, 1.807) is 0 Å². The standard InChI is InChI=1S/C36H66O9/c1-13-25-18(6)17(5)20(8)34(40-25)44-33-23(11)30(38)36(42-28(33)16-4)45-31-19(7)21(9)35(41-27(31)15-3)43-32-22(10)29(37)24(12)39-26(32)14-2/h17-38H,13-16H2,1-12H3/t17?,18-,19+,20?,21?,22+,23?,24?,25?,26?,27?,28?,29?,30?,31-,32-,33-,34+,35-,36-/m0/s1. The second-order valence-electron chi connectivity index (χ2n) is 14.9. The summed E-state index contributed by atoms with van der Waals surface area (Å²) in [4.78, 5) is 0. The quantitative estimate of drug-likeness (QED) is 0.301. The van der Waals surface area contributed by atoms with Crippen molar-refractivity contribution in [1.82, 2.24) is 0 Å². The third kappa shape index (κ3) is 7.62. The fraction of sp³-hybridized carbons (Fsp3) is 1.00. The molecule has 0 bridgehead atoms. The molecule has 0 radical (unpaired) electrons. The predicted octanol–water partition coefficient (Wildman–Crippen LogP) is 5.92. The van der Waals surface area contributed by atoms with Gasteiger partial charge < -0.3 is 43.4 Å². The molecule has 4 rings (SSSR count). The maximum Gasteiger partial charge on any atom is 0.184 e. The fourth-order valence-electron chi connectivity index (χ4n) is 8.23. The summed E-state index contributed by atoms with van der Waals surface area (Å²) < 4.78 is 45.7. The minimum atomic E-state index is -0.863. The van der Waals surface area contributed by atoms with Crippen molar-refractivity contribution in [1.29, 1.82) is 0 Å². The van der Waals surface area contributed by atoms with Gasteiger partial charge in [-0.25, -0.2) is 0 Å². The van der Waals surface area contributed by atoms with E-state index < -0.39 is 24.8 Å². The normalized spacial score (nSPS) is 52.9. The van der Waals surface area contributed by atoms with Crippen LogP contribution in [0.1, 0.15) is 109 Å². The van der Waals surface area contributed by atoms with E-state index in [-0.39, 0.29) is 84.7 Å². The Morgan fingerprint density at radius 3 is 1.29 bits per heavy atom. The first kappa shape index (κ1) is 37.5. The van der Waals surface area contributed by atoms with Crippen LogP contribution in [0.15, 0.2) is 0 Å². The molecule has 45 heavy (non-hydrogen) atoms. The Balaban J connectivity index is 1.43. The lowest BCUT2D eigenvalue weighted by atomic mass is 9.78. The SMILES string of the molecule is CCC1O[C@H](O[C@@H]2C(CC)O[C@@H](O[C@@H]3C(CC)O[C@@H](O[C@@H]4C(CC)OC(C)C(O)[C@H]4C)C(C)[C@H]3C)C(O)C2C)C(C)C(C)[C@@H]1C. The van der Waals surface area contributed by atoms with E-state index in [2.05, 4.69) is 62.3 Å². The van der Waals surface area contributed by atoms with Crippen LogP contribution in [0.2, 0.25) is 0 Å². The molecule has 0 amide bonds. The van der Waals surface area contributed by atoms with Crippen LogP contribution in [0.25, 0.3) is 0 Å². The fourth-order valence-corrected chi connectivity index (χ4v) is 8.23. The van der Waals surface area contributed by atoms with Gasteiger partial charge >= 0.3 is 0 Å². The van der Waals surface area contributed by atoms with Crippen molar-refractivity contribution in [2.24, 2.45) is 41.4 Å². The molecule has 0 aromatic heterocycles. The van der Waals surface area contributed by atoms with Gasteiger partial charge in [-0.1, -0.05) is 76.2 Å². The predicted molar refractivity (Wildman–Crippen MR) is 172 cm³/mol. The van der Waals surface area contributed by atoms with E-state index in [1.807, 2.05) is 20.8 Å². The first-order valence-electron chi connectivity index (χ1n) is 18.2. The molecule has 4 heterocycles. The van der Waals surface area contributed by atoms with E-state index in [9.17, 15) is 10.2 Å². The lowest BCUT2D eigenvalue weighted by molar-refractivity contribution is -0.362. The molecular formula is C36H66O9. The van der Waals surface area contributed by atoms with E-state index >= 15 is 0 Å². The maximum absolute atomic E-state index is 11.6. The second-order valence-corrected chi connectivity index (χ2v) is 14.9. The minimum Gasteiger partial charge on any atom is -0.390 e. The van der Waals surface area contributed by atoms with E-state index in [4.69, 9.17) is 33.2 Å². The van der Waals surface area contributed by atoms with Crippen molar-refractivity contribution in [3.8, 4) is 0 Å². The Hall–Kier alpha value is -0.360. The van der Waals surface area contributed by atoms with Crippen LogP contribution in [0.4, 0.5) is 0 Å². The zero-order valence-corrected chi connectivity index (χ0v) is 30.1. The molecule has 0 aliphatic carbocycles. The summed E-state index contributed by atoms with van der Waals surface area (Å²) in [5.74, 6) is 0.979. The van der Waals surface area contributed by atoms with Crippen LogP contribution < -0.4 is 0 Å². The number of hydrogen-bond donors (Lipinski definition) is 2. The zero-order chi connectivity index (χ0) is 33.3. The molecule has 0 saturated carbocycles. The van der Waals surface area contributed by atoms with E-state index in [0.29, 0.717) is 11.8 Å². The molecule has 4 fully saturated rings. The topological polar surface area (TPSA) is 105 Å². The molecular weight excluding hydrogens is 576 g/mol. The van der Waals surface area contributed by atoms with Crippen molar-refractivity contribution in [3.05, 3.63) is 0 Å². The van der Waals surface area contributed by atoms with Gasteiger partial charge in [-0.3, -0.25) is 0 Å². The monoisotopic (exact) mass is 642 g/mol. The highest BCUT2D eigenvalue weighted by molar-refractivity contribution is 4.94. The van der Waals surface area contributed by atoms with Gasteiger partial charge in [0.15, 0.2) is 18.9 Å². The van der Waals surface area contributed by atoms with Crippen LogP contribution in [0.3, 0.4) is 0 Å². The van der Waals surface area contributed by atoms with Gasteiger partial charge in [0.25, 0.3) is 0 Å². The van der Waals surface area contributed by atoms with E-state index in [0.717, 1.165) is 25.7 Å². The molecule has 4 aliphatic heterocycles. The van der Waals surface area contributed by atoms with Crippen molar-refractivity contribution < 1.29 is 43.4 Å². The summed E-state index contributed by atoms with van der Waals surface area (Å²) in [5, 5.41) is 22.3. The molecule has 264 valence electrons. The van der Waals surface area contributed by atoms with Gasteiger partial charge in [-0.05, 0) is 50.4 Å². The van der Waals surface area contributed by atoms with Crippen LogP contribution in [0.5, 0.6) is 0 Å². The smallest absolute Gasteiger partial charge is 0.184 e. The zero-order valence-electron chi connectivity index (χ0n) is 30.1. The average molecular weight is 643 g/mol. The first-order valence-corrected chi connectivity index (χ1v) is 18.2. The van der Waals surface area contributed by atoms with Crippen LogP contribution in [-0.2, 0) is 33.2 Å². The Bertz CT molecular complexity index is 898. The number of hydrogen-bond acceptors (Lipinski definition) is 9. The Kier molecular flexibility index (Phi) is 13.2. The number of rotatable bonds is 10. The van der Waals surface area contributed by atoms with Gasteiger partial charge in [0.05, 0.1) is 54.9 Å². The summed E-state index contributed by atoms with van der Waals surface area (Å²) in [7, 11) is 0. The summed E-state index contributed by atoms with van der Waals surface area (Å²) in [5.41, 5.74) is 0. The molecule has 0 aromatic carbocycles. The van der Waals surface area contributed by atoms with Gasteiger partial charge in [0, 0.05) is 23.7 Å². The van der Waals surface area contributed by atoms with Gasteiger partial charge in [0.2, 0.25) is 0 Å². The Morgan fingerprint density at radius 1 is 0.400 bits per heavy atom. The van der Waals surface area contributed by atoms with Crippen LogP contribution in [0, 0.1) is 41.4 Å². The summed E-state index contributed by atoms with van der Waals surface area (Å²) in [6.07, 6.45) is -1.34. The lowest BCUT2D eigenvalue weighted by Gasteiger charge is -2.51. The molecule has 9 nitrogen and oxygen atoms in total. The molecule has 11 unspecified atom stereocenters. The number of ether oxygens (including phenoxy) is 7. The number of aliphatic hydroxyl groups excluding tert-OH is 2. The summed E-state index contributed by atoms with van der Waals surface area (Å²) >= 11 is 0. The third-order valence-corrected chi connectivity index (χ3v) is 12.2. The highest BCUT2D eigenvalue weighted by atomic mass is 16.7. The van der Waals surface area contributed by atoms with Crippen LogP contribution >= 0.6 is 0 Å². The number of aliphatic hydroxyl groups is 2. The molecule has 4 aliphatic rings. The van der Waals surface area contributed by atoms with Crippen molar-refractivity contribution in [2.45, 2.75) is 189 Å². The van der Waals surface area contributed by atoms with Crippen LogP contribution in [-0.4, -0.2) is 90.1 Å². The van der Waals surface area contributed by atoms with Gasteiger partial charge in [0.1, 0.15) is 6.10 Å². The molecule has 9 heteroatoms. The van der Waals surface area contributed by atoms with E-state index in [1.165, 1.54) is 0 Å². The van der Waals surface area contributed by atoms with Gasteiger partial charge in [-0.2, -0.15) is 0 Å². The maximum atomic E-state index is 11.6. The molecule has 2 N–H and O–H groups in total. The third-order valence-electron chi connectivity index (χ3n) is 12.2. The Labute approximate surface area is 273 Å². The minimum absolute atomic E-state index is 0.0102. The summed E-state index contributed by atoms with van der Waals surface area (Å²) in [6, 6.07) is 0. The van der Waals surface area contributed by atoms with Crippen molar-refractivity contribution >= 4 is 0 Å². The first-order chi connectivity index (χ1) is 21.3. The largest absolute Gasteiger partial charge is 0.390 e. The van der Waals surface area contributed by atoms with Crippen molar-refractivity contribution in [2.75, 3.05) is 0 Å². The van der Waals surface area contributed by atoms with Crippen molar-refractivity contribution in [3.63, 3.8) is 0 Å². The molecule has 0 spiro atoms.